The van der Waals surface area contributed by atoms with Gasteiger partial charge in [0, 0.05) is 6.21 Å². The van der Waals surface area contributed by atoms with Gasteiger partial charge in [-0.2, -0.15) is 0 Å². The second-order valence-electron chi connectivity index (χ2n) is 3.31. The number of aliphatic imine (C=N–C) groups is 1. The van der Waals surface area contributed by atoms with Crippen LogP contribution in [0, 0.1) is 0 Å². The highest BCUT2D eigenvalue weighted by Crippen LogP contribution is 2.11. The summed E-state index contributed by atoms with van der Waals surface area (Å²) in [6, 6.07) is 9.15. The van der Waals surface area contributed by atoms with Crippen LogP contribution in [0.1, 0.15) is 13.8 Å². The van der Waals surface area contributed by atoms with E-state index in [1.54, 1.807) is 19.1 Å². The highest BCUT2D eigenvalue weighted by Gasteiger charge is 2.11. The molecule has 0 aliphatic rings. The van der Waals surface area contributed by atoms with Crippen molar-refractivity contribution in [3.8, 4) is 0 Å². The van der Waals surface area contributed by atoms with E-state index in [0.29, 0.717) is 5.69 Å². The topological polar surface area (TPSA) is 58.9 Å². The lowest BCUT2D eigenvalue weighted by atomic mass is 10.2. The number of allylic oxidation sites excluding steroid dienone is 1. The molecule has 0 aliphatic carbocycles. The number of para-hydroxylation sites is 1. The third-order valence-electron chi connectivity index (χ3n) is 1.98. The number of benzene rings is 1. The minimum absolute atomic E-state index is 0.0655. The molecular formula is C13H15NO3. The predicted molar refractivity (Wildman–Crippen MR) is 66.6 cm³/mol. The molecule has 0 amide bonds. The minimum atomic E-state index is -0.577. The Balaban J connectivity index is 2.86. The van der Waals surface area contributed by atoms with Crippen LogP contribution in [-0.4, -0.2) is 23.9 Å². The van der Waals surface area contributed by atoms with E-state index < -0.39 is 5.97 Å². The summed E-state index contributed by atoms with van der Waals surface area (Å²) < 4.78 is 4.81. The van der Waals surface area contributed by atoms with Crippen molar-refractivity contribution in [2.75, 3.05) is 6.61 Å². The van der Waals surface area contributed by atoms with E-state index in [1.807, 2.05) is 18.2 Å². The summed E-state index contributed by atoms with van der Waals surface area (Å²) in [5.41, 5.74) is 0.770. The SMILES string of the molecule is CCOC(=O)C(C=Nc1ccccc1)=C(C)O. The first-order valence-corrected chi connectivity index (χ1v) is 5.31. The molecule has 0 fully saturated rings. The third kappa shape index (κ3) is 4.10. The normalized spacial score (nSPS) is 12.4. The zero-order valence-electron chi connectivity index (χ0n) is 9.88. The van der Waals surface area contributed by atoms with E-state index in [2.05, 4.69) is 4.99 Å². The van der Waals surface area contributed by atoms with Gasteiger partial charge in [0.15, 0.2) is 0 Å². The van der Waals surface area contributed by atoms with Crippen molar-refractivity contribution < 1.29 is 14.6 Å². The van der Waals surface area contributed by atoms with Gasteiger partial charge in [0.2, 0.25) is 0 Å². The van der Waals surface area contributed by atoms with Crippen molar-refractivity contribution in [1.82, 2.24) is 0 Å². The van der Waals surface area contributed by atoms with Gasteiger partial charge < -0.3 is 9.84 Å². The fraction of sp³-hybridized carbons (Fsp3) is 0.231. The van der Waals surface area contributed by atoms with Crippen LogP contribution in [0.15, 0.2) is 46.7 Å². The molecule has 0 saturated heterocycles. The maximum Gasteiger partial charge on any atom is 0.343 e. The molecule has 0 unspecified atom stereocenters. The Labute approximate surface area is 100 Å². The van der Waals surface area contributed by atoms with E-state index in [-0.39, 0.29) is 17.9 Å². The lowest BCUT2D eigenvalue weighted by Crippen LogP contribution is -2.10. The Morgan fingerprint density at radius 3 is 2.59 bits per heavy atom. The molecule has 0 bridgehead atoms. The fourth-order valence-corrected chi connectivity index (χ4v) is 1.16. The largest absolute Gasteiger partial charge is 0.512 e. The molecule has 1 rings (SSSR count). The number of aliphatic hydroxyl groups is 1. The Bertz CT molecular complexity index is 431. The summed E-state index contributed by atoms with van der Waals surface area (Å²) in [5.74, 6) is -0.685. The fourth-order valence-electron chi connectivity index (χ4n) is 1.16. The summed E-state index contributed by atoms with van der Waals surface area (Å²) in [7, 11) is 0. The maximum atomic E-state index is 11.5. The summed E-state index contributed by atoms with van der Waals surface area (Å²) in [5, 5.41) is 9.37. The van der Waals surface area contributed by atoms with Crippen LogP contribution in [0.3, 0.4) is 0 Å². The van der Waals surface area contributed by atoms with Crippen molar-refractivity contribution in [1.29, 1.82) is 0 Å². The molecule has 17 heavy (non-hydrogen) atoms. The van der Waals surface area contributed by atoms with Crippen LogP contribution in [0.25, 0.3) is 0 Å². The van der Waals surface area contributed by atoms with E-state index >= 15 is 0 Å². The van der Waals surface area contributed by atoms with E-state index in [9.17, 15) is 9.90 Å². The van der Waals surface area contributed by atoms with Crippen LogP contribution in [-0.2, 0) is 9.53 Å². The Kier molecular flexibility index (Phi) is 4.94. The van der Waals surface area contributed by atoms with Crippen molar-refractivity contribution in [3.05, 3.63) is 41.7 Å². The van der Waals surface area contributed by atoms with Gasteiger partial charge in [-0.1, -0.05) is 18.2 Å². The molecule has 1 N–H and O–H groups in total. The molecule has 0 aromatic heterocycles. The zero-order chi connectivity index (χ0) is 12.7. The number of ether oxygens (including phenoxy) is 1. The molecule has 0 atom stereocenters. The van der Waals surface area contributed by atoms with Gasteiger partial charge in [0.25, 0.3) is 0 Å². The summed E-state index contributed by atoms with van der Waals surface area (Å²) >= 11 is 0. The summed E-state index contributed by atoms with van der Waals surface area (Å²) in [4.78, 5) is 15.6. The number of aliphatic hydroxyl groups excluding tert-OH is 1. The molecule has 1 aromatic rings. The number of nitrogens with zero attached hydrogens (tertiary/aromatic N) is 1. The average molecular weight is 233 g/mol. The van der Waals surface area contributed by atoms with E-state index in [0.717, 1.165) is 0 Å². The number of carbonyl (C=O) groups is 1. The van der Waals surface area contributed by atoms with Crippen LogP contribution in [0.4, 0.5) is 5.69 Å². The average Bonchev–Trinajstić information content (AvgIpc) is 2.30. The quantitative estimate of drug-likeness (QED) is 0.376. The summed E-state index contributed by atoms with van der Waals surface area (Å²) in [6.07, 6.45) is 1.31. The second kappa shape index (κ2) is 6.48. The van der Waals surface area contributed by atoms with Crippen LogP contribution in [0.5, 0.6) is 0 Å². The van der Waals surface area contributed by atoms with Crippen molar-refractivity contribution in [2.45, 2.75) is 13.8 Å². The van der Waals surface area contributed by atoms with Gasteiger partial charge in [-0.3, -0.25) is 4.99 Å². The molecule has 4 heteroatoms. The van der Waals surface area contributed by atoms with Gasteiger partial charge in [0.05, 0.1) is 12.3 Å². The van der Waals surface area contributed by atoms with Gasteiger partial charge in [-0.25, -0.2) is 4.79 Å². The van der Waals surface area contributed by atoms with E-state index in [1.165, 1.54) is 13.1 Å². The lowest BCUT2D eigenvalue weighted by molar-refractivity contribution is -0.138. The first kappa shape index (κ1) is 13.0. The van der Waals surface area contributed by atoms with Crippen LogP contribution >= 0.6 is 0 Å². The third-order valence-corrected chi connectivity index (χ3v) is 1.98. The molecule has 0 radical (unpaired) electrons. The predicted octanol–water partition coefficient (Wildman–Crippen LogP) is 2.78. The van der Waals surface area contributed by atoms with Crippen molar-refractivity contribution >= 4 is 17.9 Å². The van der Waals surface area contributed by atoms with E-state index in [4.69, 9.17) is 4.74 Å². The smallest absolute Gasteiger partial charge is 0.343 e. The molecule has 4 nitrogen and oxygen atoms in total. The first-order chi connectivity index (χ1) is 8.15. The monoisotopic (exact) mass is 233 g/mol. The molecule has 0 spiro atoms. The number of rotatable bonds is 4. The number of esters is 1. The molecule has 0 heterocycles. The molecule has 0 aliphatic heterocycles. The maximum absolute atomic E-state index is 11.5. The first-order valence-electron chi connectivity index (χ1n) is 5.31. The highest BCUT2D eigenvalue weighted by molar-refractivity contribution is 6.10. The lowest BCUT2D eigenvalue weighted by Gasteiger charge is -2.02. The molecule has 0 saturated carbocycles. The number of hydrogen-bond acceptors (Lipinski definition) is 4. The highest BCUT2D eigenvalue weighted by atomic mass is 16.5. The second-order valence-corrected chi connectivity index (χ2v) is 3.31. The number of carbonyl (C=O) groups excluding carboxylic acids is 1. The van der Waals surface area contributed by atoms with Gasteiger partial charge >= 0.3 is 5.97 Å². The Hall–Kier alpha value is -2.10. The number of hydrogen-bond donors (Lipinski definition) is 1. The molecule has 90 valence electrons. The Morgan fingerprint density at radius 1 is 1.41 bits per heavy atom. The van der Waals surface area contributed by atoms with Crippen molar-refractivity contribution in [2.24, 2.45) is 4.99 Å². The van der Waals surface area contributed by atoms with Crippen LogP contribution < -0.4 is 0 Å². The van der Waals surface area contributed by atoms with Gasteiger partial charge in [0.1, 0.15) is 11.3 Å². The molecular weight excluding hydrogens is 218 g/mol. The minimum Gasteiger partial charge on any atom is -0.512 e. The van der Waals surface area contributed by atoms with Crippen LogP contribution in [0.2, 0.25) is 0 Å². The Morgan fingerprint density at radius 2 is 2.06 bits per heavy atom. The van der Waals surface area contributed by atoms with Crippen molar-refractivity contribution in [3.63, 3.8) is 0 Å². The zero-order valence-corrected chi connectivity index (χ0v) is 9.88. The molecule has 1 aromatic carbocycles. The summed E-state index contributed by atoms with van der Waals surface area (Å²) in [6.45, 7) is 3.38. The standard InChI is InChI=1S/C13H15NO3/c1-3-17-13(16)12(10(2)15)9-14-11-7-5-4-6-8-11/h4-9,15H,3H2,1-2H3. The van der Waals surface area contributed by atoms with Gasteiger partial charge in [-0.05, 0) is 26.0 Å². The van der Waals surface area contributed by atoms with Gasteiger partial charge in [-0.15, -0.1) is 0 Å².